The van der Waals surface area contributed by atoms with E-state index in [0.717, 1.165) is 5.69 Å². The molecule has 3 rings (SSSR count). The summed E-state index contributed by atoms with van der Waals surface area (Å²) in [6.45, 7) is 0. The van der Waals surface area contributed by atoms with Gasteiger partial charge in [0.1, 0.15) is 4.90 Å². The Balaban J connectivity index is 2.28. The minimum absolute atomic E-state index is 0.0647. The van der Waals surface area contributed by atoms with Gasteiger partial charge in [-0.3, -0.25) is 10.3 Å². The fourth-order valence-electron chi connectivity index (χ4n) is 2.11. The summed E-state index contributed by atoms with van der Waals surface area (Å²) in [6, 6.07) is 16.0. The third kappa shape index (κ3) is 1.93. The number of hydrazine groups is 1. The Labute approximate surface area is 116 Å². The van der Waals surface area contributed by atoms with Crippen molar-refractivity contribution in [2.75, 3.05) is 4.90 Å². The lowest BCUT2D eigenvalue weighted by Gasteiger charge is -2.29. The maximum atomic E-state index is 12.1. The molecule has 7 heteroatoms. The molecule has 1 heterocycles. The lowest BCUT2D eigenvalue weighted by molar-refractivity contribution is 0.597. The van der Waals surface area contributed by atoms with Crippen molar-refractivity contribution in [2.24, 2.45) is 10.2 Å². The molecule has 0 radical (unpaired) electrons. The zero-order valence-corrected chi connectivity index (χ0v) is 11.2. The predicted molar refractivity (Wildman–Crippen MR) is 77.0 cm³/mol. The highest BCUT2D eigenvalue weighted by Gasteiger charge is 2.31. The van der Waals surface area contributed by atoms with Crippen molar-refractivity contribution in [3.63, 3.8) is 0 Å². The molecule has 0 bridgehead atoms. The normalized spacial score (nSPS) is 16.2. The second kappa shape index (κ2) is 4.62. The average molecular weight is 288 g/mol. The van der Waals surface area contributed by atoms with Crippen molar-refractivity contribution >= 4 is 27.4 Å². The third-order valence-corrected chi connectivity index (χ3v) is 4.26. The number of nitrogens with zero attached hydrogens (tertiary/aromatic N) is 2. The summed E-state index contributed by atoms with van der Waals surface area (Å²) < 4.78 is 27.9. The summed E-state index contributed by atoms with van der Waals surface area (Å²) in [7, 11) is -3.74. The molecule has 2 aromatic rings. The van der Waals surface area contributed by atoms with E-state index in [1.807, 2.05) is 30.3 Å². The smallest absolute Gasteiger partial charge is 0.287 e. The van der Waals surface area contributed by atoms with E-state index >= 15 is 0 Å². The van der Waals surface area contributed by atoms with E-state index < -0.39 is 10.0 Å². The van der Waals surface area contributed by atoms with Gasteiger partial charge in [-0.1, -0.05) is 30.3 Å². The minimum atomic E-state index is -3.74. The molecule has 1 aliphatic heterocycles. The summed E-state index contributed by atoms with van der Waals surface area (Å²) >= 11 is 0. The Morgan fingerprint density at radius 2 is 1.65 bits per heavy atom. The van der Waals surface area contributed by atoms with Gasteiger partial charge in [0.2, 0.25) is 5.96 Å². The molecule has 0 unspecified atom stereocenters. The maximum absolute atomic E-state index is 12.1. The van der Waals surface area contributed by atoms with E-state index in [9.17, 15) is 8.42 Å². The molecule has 6 nitrogen and oxygen atoms in total. The molecule has 0 fully saturated rings. The number of rotatable bonds is 1. The van der Waals surface area contributed by atoms with E-state index in [4.69, 9.17) is 5.84 Å². The number of sulfonamides is 1. The highest BCUT2D eigenvalue weighted by molar-refractivity contribution is 7.90. The molecule has 0 atom stereocenters. The van der Waals surface area contributed by atoms with Crippen LogP contribution in [0.5, 0.6) is 0 Å². The largest absolute Gasteiger partial charge is 0.293 e. The van der Waals surface area contributed by atoms with Crippen molar-refractivity contribution in [1.29, 1.82) is 0 Å². The number of nitrogens with one attached hydrogen (secondary N) is 1. The van der Waals surface area contributed by atoms with Crippen LogP contribution >= 0.6 is 0 Å². The first kappa shape index (κ1) is 12.6. The molecule has 0 saturated heterocycles. The molecule has 0 aliphatic carbocycles. The van der Waals surface area contributed by atoms with E-state index in [-0.39, 0.29) is 10.9 Å². The number of fused-ring (bicyclic) bond motifs is 1. The van der Waals surface area contributed by atoms with Crippen molar-refractivity contribution in [3.05, 3.63) is 54.6 Å². The zero-order chi connectivity index (χ0) is 14.2. The van der Waals surface area contributed by atoms with Gasteiger partial charge < -0.3 is 0 Å². The van der Waals surface area contributed by atoms with Crippen LogP contribution < -0.4 is 16.2 Å². The highest BCUT2D eigenvalue weighted by Crippen LogP contribution is 2.35. The number of benzene rings is 2. The van der Waals surface area contributed by atoms with Crippen LogP contribution in [0.3, 0.4) is 0 Å². The summed E-state index contributed by atoms with van der Waals surface area (Å²) in [6.07, 6.45) is 0. The molecular formula is C13H12N4O2S. The zero-order valence-electron chi connectivity index (χ0n) is 10.4. The lowest BCUT2D eigenvalue weighted by Crippen LogP contribution is -2.45. The van der Waals surface area contributed by atoms with Crippen LogP contribution in [0.4, 0.5) is 11.4 Å². The Kier molecular flexibility index (Phi) is 2.92. The van der Waals surface area contributed by atoms with Gasteiger partial charge in [0.05, 0.1) is 5.69 Å². The van der Waals surface area contributed by atoms with Crippen molar-refractivity contribution in [1.82, 2.24) is 5.43 Å². The molecule has 20 heavy (non-hydrogen) atoms. The number of hydrogen-bond donors (Lipinski definition) is 2. The Morgan fingerprint density at radius 3 is 2.35 bits per heavy atom. The number of para-hydroxylation sites is 2. The van der Waals surface area contributed by atoms with Gasteiger partial charge in [0, 0.05) is 5.69 Å². The van der Waals surface area contributed by atoms with Gasteiger partial charge in [0.25, 0.3) is 10.0 Å². The monoisotopic (exact) mass is 288 g/mol. The minimum Gasteiger partial charge on any atom is -0.293 e. The molecular weight excluding hydrogens is 276 g/mol. The SMILES string of the molecule is NNC1=NS(=O)(=O)c2ccccc2N1c1ccccc1. The molecule has 3 N–H and O–H groups in total. The number of guanidine groups is 1. The topological polar surface area (TPSA) is 87.8 Å². The van der Waals surface area contributed by atoms with Crippen LogP contribution in [-0.2, 0) is 10.0 Å². The van der Waals surface area contributed by atoms with Gasteiger partial charge in [-0.15, -0.1) is 4.40 Å². The Bertz CT molecular complexity index is 772. The van der Waals surface area contributed by atoms with E-state index in [1.54, 1.807) is 23.1 Å². The molecule has 2 aromatic carbocycles. The van der Waals surface area contributed by atoms with E-state index in [0.29, 0.717) is 5.69 Å². The predicted octanol–water partition coefficient (Wildman–Crippen LogP) is 1.35. The molecule has 102 valence electrons. The van der Waals surface area contributed by atoms with Crippen molar-refractivity contribution in [3.8, 4) is 0 Å². The van der Waals surface area contributed by atoms with Crippen LogP contribution in [0.25, 0.3) is 0 Å². The van der Waals surface area contributed by atoms with Crippen LogP contribution in [0.1, 0.15) is 0 Å². The van der Waals surface area contributed by atoms with Crippen LogP contribution in [-0.4, -0.2) is 14.4 Å². The van der Waals surface area contributed by atoms with Crippen LogP contribution in [0.2, 0.25) is 0 Å². The summed E-state index contributed by atoms with van der Waals surface area (Å²) in [5.74, 6) is 5.49. The van der Waals surface area contributed by atoms with Crippen molar-refractivity contribution in [2.45, 2.75) is 4.90 Å². The van der Waals surface area contributed by atoms with Crippen LogP contribution in [0.15, 0.2) is 63.9 Å². The number of nitrogens with two attached hydrogens (primary N) is 1. The van der Waals surface area contributed by atoms with E-state index in [1.165, 1.54) is 6.07 Å². The Morgan fingerprint density at radius 1 is 1.00 bits per heavy atom. The second-order valence-corrected chi connectivity index (χ2v) is 5.75. The first-order valence-electron chi connectivity index (χ1n) is 5.89. The van der Waals surface area contributed by atoms with Gasteiger partial charge in [-0.05, 0) is 24.3 Å². The first-order valence-corrected chi connectivity index (χ1v) is 7.33. The average Bonchev–Trinajstić information content (AvgIpc) is 2.47. The van der Waals surface area contributed by atoms with Gasteiger partial charge in [-0.2, -0.15) is 8.42 Å². The number of hydrogen-bond acceptors (Lipinski definition) is 5. The second-order valence-electron chi connectivity index (χ2n) is 4.17. The molecule has 0 spiro atoms. The highest BCUT2D eigenvalue weighted by atomic mass is 32.2. The quantitative estimate of drug-likeness (QED) is 0.611. The lowest BCUT2D eigenvalue weighted by atomic mass is 10.2. The standard InChI is InChI=1S/C13H12N4O2S/c14-15-13-16-20(18,19)12-9-5-4-8-11(12)17(13)10-6-2-1-3-7-10/h1-9H,14H2,(H,15,16). The fourth-order valence-corrected chi connectivity index (χ4v) is 3.24. The fraction of sp³-hybridized carbons (Fsp3) is 0. The molecule has 1 aliphatic rings. The van der Waals surface area contributed by atoms with Crippen molar-refractivity contribution < 1.29 is 8.42 Å². The number of anilines is 2. The molecule has 0 aromatic heterocycles. The first-order chi connectivity index (χ1) is 9.63. The Hall–Kier alpha value is -2.38. The molecule has 0 amide bonds. The van der Waals surface area contributed by atoms with Crippen LogP contribution in [0, 0.1) is 0 Å². The van der Waals surface area contributed by atoms with Gasteiger partial charge in [-0.25, -0.2) is 5.84 Å². The van der Waals surface area contributed by atoms with Gasteiger partial charge in [0.15, 0.2) is 0 Å². The third-order valence-electron chi connectivity index (χ3n) is 2.95. The summed E-state index contributed by atoms with van der Waals surface area (Å²) in [5.41, 5.74) is 3.63. The summed E-state index contributed by atoms with van der Waals surface area (Å²) in [4.78, 5) is 1.82. The summed E-state index contributed by atoms with van der Waals surface area (Å²) in [5, 5.41) is 0. The maximum Gasteiger partial charge on any atom is 0.287 e. The molecule has 0 saturated carbocycles. The van der Waals surface area contributed by atoms with Gasteiger partial charge >= 0.3 is 0 Å². The van der Waals surface area contributed by atoms with E-state index in [2.05, 4.69) is 9.82 Å².